The summed E-state index contributed by atoms with van der Waals surface area (Å²) >= 11 is 0. The average Bonchev–Trinajstić information content (AvgIpc) is 2.78. The second-order valence-corrected chi connectivity index (χ2v) is 6.00. The van der Waals surface area contributed by atoms with Gasteiger partial charge >= 0.3 is 0 Å². The Bertz CT molecular complexity index is 362. The van der Waals surface area contributed by atoms with Crippen LogP contribution in [0.25, 0.3) is 0 Å². The molecule has 4 nitrogen and oxygen atoms in total. The van der Waals surface area contributed by atoms with E-state index in [4.69, 9.17) is 4.74 Å². The summed E-state index contributed by atoms with van der Waals surface area (Å²) in [6, 6.07) is 0. The lowest BCUT2D eigenvalue weighted by atomic mass is 9.75. The monoisotopic (exact) mass is 267 g/mol. The molecule has 1 N–H and O–H groups in total. The Morgan fingerprint density at radius 2 is 2.21 bits per heavy atom. The zero-order valence-electron chi connectivity index (χ0n) is 13.1. The predicted molar refractivity (Wildman–Crippen MR) is 79.2 cm³/mol. The van der Waals surface area contributed by atoms with Crippen molar-refractivity contribution in [1.29, 1.82) is 0 Å². The highest BCUT2D eigenvalue weighted by molar-refractivity contribution is 5.04. The van der Waals surface area contributed by atoms with Crippen molar-refractivity contribution in [3.05, 3.63) is 18.0 Å². The smallest absolute Gasteiger partial charge is 0.0587 e. The van der Waals surface area contributed by atoms with E-state index in [1.807, 2.05) is 17.9 Å². The number of nitrogens with zero attached hydrogens (tertiary/aromatic N) is 2. The quantitative estimate of drug-likeness (QED) is 0.698. The van der Waals surface area contributed by atoms with Crippen molar-refractivity contribution >= 4 is 0 Å². The number of aromatic nitrogens is 2. The Morgan fingerprint density at radius 3 is 2.74 bits per heavy atom. The summed E-state index contributed by atoms with van der Waals surface area (Å²) < 4.78 is 6.95. The summed E-state index contributed by atoms with van der Waals surface area (Å²) in [4.78, 5) is 0. The van der Waals surface area contributed by atoms with Crippen molar-refractivity contribution in [2.24, 2.45) is 18.4 Å². The molecular weight excluding hydrogens is 238 g/mol. The zero-order valence-corrected chi connectivity index (χ0v) is 13.1. The molecule has 0 bridgehead atoms. The average molecular weight is 267 g/mol. The SMILES string of the molecule is COCCNCC(C)(CCc1cnn(C)c1)C(C)C. The van der Waals surface area contributed by atoms with Crippen LogP contribution in [0.4, 0.5) is 0 Å². The molecule has 1 aromatic rings. The van der Waals surface area contributed by atoms with Gasteiger partial charge in [-0.15, -0.1) is 0 Å². The Labute approximate surface area is 117 Å². The molecule has 0 saturated heterocycles. The van der Waals surface area contributed by atoms with Gasteiger partial charge in [0.1, 0.15) is 0 Å². The van der Waals surface area contributed by atoms with Crippen LogP contribution in [0.5, 0.6) is 0 Å². The first-order valence-electron chi connectivity index (χ1n) is 7.15. The second-order valence-electron chi connectivity index (χ2n) is 6.00. The van der Waals surface area contributed by atoms with E-state index >= 15 is 0 Å². The summed E-state index contributed by atoms with van der Waals surface area (Å²) in [7, 11) is 3.71. The molecule has 1 rings (SSSR count). The maximum absolute atomic E-state index is 5.08. The molecule has 4 heteroatoms. The van der Waals surface area contributed by atoms with Gasteiger partial charge in [-0.05, 0) is 29.7 Å². The summed E-state index contributed by atoms with van der Waals surface area (Å²) in [6.45, 7) is 9.72. The van der Waals surface area contributed by atoms with Crippen molar-refractivity contribution in [1.82, 2.24) is 15.1 Å². The van der Waals surface area contributed by atoms with Gasteiger partial charge in [-0.2, -0.15) is 5.10 Å². The van der Waals surface area contributed by atoms with Gasteiger partial charge in [-0.3, -0.25) is 4.68 Å². The fraction of sp³-hybridized carbons (Fsp3) is 0.800. The number of hydrogen-bond acceptors (Lipinski definition) is 3. The number of nitrogens with one attached hydrogen (secondary N) is 1. The Balaban J connectivity index is 2.46. The van der Waals surface area contributed by atoms with Gasteiger partial charge in [-0.25, -0.2) is 0 Å². The normalized spacial score (nSPS) is 14.8. The molecule has 0 saturated carbocycles. The number of ether oxygens (including phenoxy) is 1. The van der Waals surface area contributed by atoms with Crippen molar-refractivity contribution in [3.8, 4) is 0 Å². The third-order valence-electron chi connectivity index (χ3n) is 4.15. The van der Waals surface area contributed by atoms with Gasteiger partial charge in [0.05, 0.1) is 12.8 Å². The predicted octanol–water partition coefficient (Wildman–Crippen LogP) is 2.25. The van der Waals surface area contributed by atoms with Gasteiger partial charge in [0, 0.05) is 33.4 Å². The van der Waals surface area contributed by atoms with Crippen LogP contribution >= 0.6 is 0 Å². The van der Waals surface area contributed by atoms with Crippen molar-refractivity contribution in [2.75, 3.05) is 26.8 Å². The molecule has 0 spiro atoms. The van der Waals surface area contributed by atoms with E-state index in [0.717, 1.165) is 26.1 Å². The summed E-state index contributed by atoms with van der Waals surface area (Å²) in [6.07, 6.45) is 6.35. The van der Waals surface area contributed by atoms with Gasteiger partial charge in [-0.1, -0.05) is 20.8 Å². The topological polar surface area (TPSA) is 39.1 Å². The van der Waals surface area contributed by atoms with Crippen LogP contribution in [0, 0.1) is 11.3 Å². The van der Waals surface area contributed by atoms with Gasteiger partial charge in [0.15, 0.2) is 0 Å². The van der Waals surface area contributed by atoms with Gasteiger partial charge in [0.2, 0.25) is 0 Å². The van der Waals surface area contributed by atoms with Crippen LogP contribution in [0.3, 0.4) is 0 Å². The molecule has 0 fully saturated rings. The number of methoxy groups -OCH3 is 1. The molecule has 1 heterocycles. The van der Waals surface area contributed by atoms with Crippen LogP contribution in [-0.2, 0) is 18.2 Å². The molecule has 0 radical (unpaired) electrons. The Hall–Kier alpha value is -0.870. The van der Waals surface area contributed by atoms with E-state index < -0.39 is 0 Å². The number of rotatable bonds is 9. The fourth-order valence-corrected chi connectivity index (χ4v) is 2.16. The highest BCUT2D eigenvalue weighted by atomic mass is 16.5. The summed E-state index contributed by atoms with van der Waals surface area (Å²) in [5.41, 5.74) is 1.63. The van der Waals surface area contributed by atoms with Crippen LogP contribution in [0.15, 0.2) is 12.4 Å². The molecule has 0 aliphatic carbocycles. The minimum Gasteiger partial charge on any atom is -0.383 e. The third-order valence-corrected chi connectivity index (χ3v) is 4.15. The van der Waals surface area contributed by atoms with E-state index in [0.29, 0.717) is 11.3 Å². The summed E-state index contributed by atoms with van der Waals surface area (Å²) in [5, 5.41) is 7.74. The van der Waals surface area contributed by atoms with Gasteiger partial charge in [0.25, 0.3) is 0 Å². The molecule has 0 aromatic carbocycles. The maximum Gasteiger partial charge on any atom is 0.0587 e. The van der Waals surface area contributed by atoms with Crippen LogP contribution in [-0.4, -0.2) is 36.6 Å². The number of aryl methyl sites for hydroxylation is 2. The largest absolute Gasteiger partial charge is 0.383 e. The minimum atomic E-state index is 0.309. The lowest BCUT2D eigenvalue weighted by molar-refractivity contribution is 0.168. The first kappa shape index (κ1) is 16.2. The van der Waals surface area contributed by atoms with E-state index in [-0.39, 0.29) is 0 Å². The highest BCUT2D eigenvalue weighted by Crippen LogP contribution is 2.31. The minimum absolute atomic E-state index is 0.309. The van der Waals surface area contributed by atoms with E-state index in [1.54, 1.807) is 7.11 Å². The van der Waals surface area contributed by atoms with Crippen molar-refractivity contribution in [2.45, 2.75) is 33.6 Å². The van der Waals surface area contributed by atoms with Crippen LogP contribution in [0.2, 0.25) is 0 Å². The van der Waals surface area contributed by atoms with Crippen molar-refractivity contribution in [3.63, 3.8) is 0 Å². The highest BCUT2D eigenvalue weighted by Gasteiger charge is 2.27. The Kier molecular flexibility index (Phi) is 6.52. The maximum atomic E-state index is 5.08. The molecular formula is C15H29N3O. The molecule has 1 aromatic heterocycles. The first-order valence-corrected chi connectivity index (χ1v) is 7.15. The fourth-order valence-electron chi connectivity index (χ4n) is 2.16. The lowest BCUT2D eigenvalue weighted by Crippen LogP contribution is -2.37. The molecule has 0 aliphatic rings. The van der Waals surface area contributed by atoms with E-state index in [9.17, 15) is 0 Å². The van der Waals surface area contributed by atoms with Crippen LogP contribution < -0.4 is 5.32 Å². The zero-order chi connectivity index (χ0) is 14.3. The lowest BCUT2D eigenvalue weighted by Gasteiger charge is -2.34. The molecule has 0 aliphatic heterocycles. The van der Waals surface area contributed by atoms with Gasteiger partial charge < -0.3 is 10.1 Å². The second kappa shape index (κ2) is 7.65. The van der Waals surface area contributed by atoms with Crippen molar-refractivity contribution < 1.29 is 4.74 Å². The first-order chi connectivity index (χ1) is 8.98. The number of hydrogen-bond donors (Lipinski definition) is 1. The van der Waals surface area contributed by atoms with Crippen LogP contribution in [0.1, 0.15) is 32.8 Å². The Morgan fingerprint density at radius 1 is 1.47 bits per heavy atom. The molecule has 110 valence electrons. The molecule has 1 unspecified atom stereocenters. The molecule has 19 heavy (non-hydrogen) atoms. The molecule has 1 atom stereocenters. The van der Waals surface area contributed by atoms with E-state index in [2.05, 4.69) is 37.4 Å². The van der Waals surface area contributed by atoms with E-state index in [1.165, 1.54) is 12.0 Å². The molecule has 0 amide bonds. The summed E-state index contributed by atoms with van der Waals surface area (Å²) in [5.74, 6) is 0.652. The standard InChI is InChI=1S/C15H29N3O/c1-13(2)15(3,12-16-8-9-19-5)7-6-14-10-17-18(4)11-14/h10-11,13,16H,6-9,12H2,1-5H3. The third kappa shape index (κ3) is 5.33.